The van der Waals surface area contributed by atoms with Crippen molar-refractivity contribution in [2.24, 2.45) is 0 Å². The Morgan fingerprint density at radius 2 is 1.85 bits per heavy atom. The Bertz CT molecular complexity index is 546. The van der Waals surface area contributed by atoms with Crippen LogP contribution in [0.4, 0.5) is 0 Å². The number of benzene rings is 1. The van der Waals surface area contributed by atoms with Gasteiger partial charge in [0, 0.05) is 12.4 Å². The minimum Gasteiger partial charge on any atom is -0.490 e. The predicted molar refractivity (Wildman–Crippen MR) is 74.9 cm³/mol. The monoisotopic (exact) mass is 274 g/mol. The van der Waals surface area contributed by atoms with E-state index in [1.165, 1.54) is 0 Å². The summed E-state index contributed by atoms with van der Waals surface area (Å²) in [7, 11) is 0. The molecule has 1 atom stereocenters. The molecule has 20 heavy (non-hydrogen) atoms. The van der Waals surface area contributed by atoms with Crippen molar-refractivity contribution >= 4 is 0 Å². The largest absolute Gasteiger partial charge is 0.490 e. The summed E-state index contributed by atoms with van der Waals surface area (Å²) in [5.74, 6) is 1.29. The minimum atomic E-state index is -0.835. The van der Waals surface area contributed by atoms with E-state index in [1.54, 1.807) is 36.8 Å². The molecule has 0 bridgehead atoms. The van der Waals surface area contributed by atoms with Crippen LogP contribution in [0.5, 0.6) is 11.5 Å². The van der Waals surface area contributed by atoms with Gasteiger partial charge in [-0.3, -0.25) is 9.97 Å². The van der Waals surface area contributed by atoms with E-state index in [2.05, 4.69) is 9.97 Å². The molecule has 0 aliphatic rings. The first-order valence-corrected chi connectivity index (χ1v) is 6.59. The highest BCUT2D eigenvalue weighted by molar-refractivity contribution is 5.44. The van der Waals surface area contributed by atoms with Gasteiger partial charge < -0.3 is 14.6 Å². The van der Waals surface area contributed by atoms with Crippen molar-refractivity contribution in [3.8, 4) is 11.5 Å². The van der Waals surface area contributed by atoms with Gasteiger partial charge in [0.1, 0.15) is 6.10 Å². The summed E-state index contributed by atoms with van der Waals surface area (Å²) in [6.07, 6.45) is 3.83. The summed E-state index contributed by atoms with van der Waals surface area (Å²) >= 11 is 0. The van der Waals surface area contributed by atoms with E-state index in [4.69, 9.17) is 9.47 Å². The van der Waals surface area contributed by atoms with Crippen molar-refractivity contribution < 1.29 is 14.6 Å². The van der Waals surface area contributed by atoms with Gasteiger partial charge in [-0.2, -0.15) is 0 Å². The first-order chi connectivity index (χ1) is 9.76. The SMILES string of the molecule is CCOc1ccc(C(O)c2cnccn2)cc1OCC. The molecule has 0 spiro atoms. The maximum absolute atomic E-state index is 10.3. The van der Waals surface area contributed by atoms with Crippen LogP contribution in [-0.4, -0.2) is 28.3 Å². The average molecular weight is 274 g/mol. The number of rotatable bonds is 6. The number of hydrogen-bond donors (Lipinski definition) is 1. The maximum atomic E-state index is 10.3. The lowest BCUT2D eigenvalue weighted by Crippen LogP contribution is -2.04. The Labute approximate surface area is 118 Å². The molecule has 1 aromatic carbocycles. The van der Waals surface area contributed by atoms with Gasteiger partial charge in [0.05, 0.1) is 25.1 Å². The standard InChI is InChI=1S/C15H18N2O3/c1-3-19-13-6-5-11(9-14(13)20-4-2)15(18)12-10-16-7-8-17-12/h5-10,15,18H,3-4H2,1-2H3. The van der Waals surface area contributed by atoms with E-state index in [0.717, 1.165) is 0 Å². The molecule has 5 nitrogen and oxygen atoms in total. The van der Waals surface area contributed by atoms with Crippen LogP contribution in [0.3, 0.4) is 0 Å². The van der Waals surface area contributed by atoms with Gasteiger partial charge in [-0.15, -0.1) is 0 Å². The Morgan fingerprint density at radius 3 is 2.50 bits per heavy atom. The molecule has 0 radical (unpaired) electrons. The number of aliphatic hydroxyl groups excluding tert-OH is 1. The lowest BCUT2D eigenvalue weighted by molar-refractivity contribution is 0.213. The van der Waals surface area contributed by atoms with Crippen LogP contribution >= 0.6 is 0 Å². The zero-order valence-electron chi connectivity index (χ0n) is 11.6. The number of nitrogens with zero attached hydrogens (tertiary/aromatic N) is 2. The zero-order chi connectivity index (χ0) is 14.4. The molecular formula is C15H18N2O3. The van der Waals surface area contributed by atoms with Crippen molar-refractivity contribution in [2.75, 3.05) is 13.2 Å². The Hall–Kier alpha value is -2.14. The van der Waals surface area contributed by atoms with E-state index < -0.39 is 6.10 Å². The van der Waals surface area contributed by atoms with Crippen LogP contribution in [0.25, 0.3) is 0 Å². The number of aromatic nitrogens is 2. The van der Waals surface area contributed by atoms with Crippen molar-refractivity contribution in [2.45, 2.75) is 20.0 Å². The lowest BCUT2D eigenvalue weighted by atomic mass is 10.1. The quantitative estimate of drug-likeness (QED) is 0.876. The molecule has 2 aromatic rings. The van der Waals surface area contributed by atoms with E-state index in [1.807, 2.05) is 13.8 Å². The number of hydrogen-bond acceptors (Lipinski definition) is 5. The van der Waals surface area contributed by atoms with Gasteiger partial charge in [-0.05, 0) is 31.5 Å². The van der Waals surface area contributed by atoms with Crippen LogP contribution < -0.4 is 9.47 Å². The Kier molecular flexibility index (Phi) is 4.90. The summed E-state index contributed by atoms with van der Waals surface area (Å²) in [5.41, 5.74) is 1.19. The first-order valence-electron chi connectivity index (χ1n) is 6.59. The molecule has 5 heteroatoms. The van der Waals surface area contributed by atoms with Gasteiger partial charge >= 0.3 is 0 Å². The normalized spacial score (nSPS) is 11.9. The third-order valence-electron chi connectivity index (χ3n) is 2.75. The fourth-order valence-corrected chi connectivity index (χ4v) is 1.86. The summed E-state index contributed by atoms with van der Waals surface area (Å²) in [6.45, 7) is 4.91. The molecule has 2 rings (SSSR count). The third-order valence-corrected chi connectivity index (χ3v) is 2.75. The summed E-state index contributed by atoms with van der Waals surface area (Å²) in [6, 6.07) is 5.37. The molecule has 1 aromatic heterocycles. The minimum absolute atomic E-state index is 0.499. The molecule has 0 saturated heterocycles. The van der Waals surface area contributed by atoms with E-state index in [9.17, 15) is 5.11 Å². The number of ether oxygens (including phenoxy) is 2. The van der Waals surface area contributed by atoms with Crippen LogP contribution in [0, 0.1) is 0 Å². The highest BCUT2D eigenvalue weighted by Gasteiger charge is 2.15. The summed E-state index contributed by atoms with van der Waals surface area (Å²) in [5, 5.41) is 10.3. The summed E-state index contributed by atoms with van der Waals surface area (Å²) in [4.78, 5) is 8.06. The Morgan fingerprint density at radius 1 is 1.10 bits per heavy atom. The summed E-state index contributed by atoms with van der Waals surface area (Å²) < 4.78 is 11.0. The van der Waals surface area contributed by atoms with Gasteiger partial charge in [0.2, 0.25) is 0 Å². The van der Waals surface area contributed by atoms with Gasteiger partial charge in [0.15, 0.2) is 11.5 Å². The molecule has 0 aliphatic carbocycles. The Balaban J connectivity index is 2.30. The molecule has 0 amide bonds. The molecule has 1 heterocycles. The second-order valence-electron chi connectivity index (χ2n) is 4.11. The molecular weight excluding hydrogens is 256 g/mol. The van der Waals surface area contributed by atoms with E-state index in [0.29, 0.717) is 36.0 Å². The highest BCUT2D eigenvalue weighted by Crippen LogP contribution is 2.32. The van der Waals surface area contributed by atoms with Crippen molar-refractivity contribution in [1.29, 1.82) is 0 Å². The van der Waals surface area contributed by atoms with Gasteiger partial charge in [0.25, 0.3) is 0 Å². The maximum Gasteiger partial charge on any atom is 0.161 e. The first kappa shape index (κ1) is 14.3. The fraction of sp³-hybridized carbons (Fsp3) is 0.333. The smallest absolute Gasteiger partial charge is 0.161 e. The van der Waals surface area contributed by atoms with E-state index >= 15 is 0 Å². The van der Waals surface area contributed by atoms with Crippen LogP contribution in [0.1, 0.15) is 31.2 Å². The molecule has 0 fully saturated rings. The average Bonchev–Trinajstić information content (AvgIpc) is 2.50. The van der Waals surface area contributed by atoms with Crippen molar-refractivity contribution in [3.05, 3.63) is 48.0 Å². The van der Waals surface area contributed by atoms with Crippen LogP contribution in [-0.2, 0) is 0 Å². The second-order valence-corrected chi connectivity index (χ2v) is 4.11. The molecule has 0 aliphatic heterocycles. The molecule has 0 saturated carbocycles. The van der Waals surface area contributed by atoms with Crippen LogP contribution in [0.2, 0.25) is 0 Å². The van der Waals surface area contributed by atoms with Crippen molar-refractivity contribution in [1.82, 2.24) is 9.97 Å². The van der Waals surface area contributed by atoms with E-state index in [-0.39, 0.29) is 0 Å². The lowest BCUT2D eigenvalue weighted by Gasteiger charge is -2.15. The van der Waals surface area contributed by atoms with Gasteiger partial charge in [-0.1, -0.05) is 6.07 Å². The fourth-order valence-electron chi connectivity index (χ4n) is 1.86. The highest BCUT2D eigenvalue weighted by atomic mass is 16.5. The molecule has 1 unspecified atom stereocenters. The predicted octanol–water partition coefficient (Wildman–Crippen LogP) is 2.36. The third kappa shape index (κ3) is 3.24. The van der Waals surface area contributed by atoms with Crippen LogP contribution in [0.15, 0.2) is 36.8 Å². The van der Waals surface area contributed by atoms with Crippen molar-refractivity contribution in [3.63, 3.8) is 0 Å². The second kappa shape index (κ2) is 6.86. The molecule has 106 valence electrons. The molecule has 1 N–H and O–H groups in total. The zero-order valence-corrected chi connectivity index (χ0v) is 11.6. The number of aliphatic hydroxyl groups is 1. The van der Waals surface area contributed by atoms with Gasteiger partial charge in [-0.25, -0.2) is 0 Å². The topological polar surface area (TPSA) is 64.5 Å².